The normalized spacial score (nSPS) is 14.3. The summed E-state index contributed by atoms with van der Waals surface area (Å²) in [4.78, 5) is 2.22. The van der Waals surface area contributed by atoms with Crippen molar-refractivity contribution in [3.63, 3.8) is 0 Å². The van der Waals surface area contributed by atoms with Crippen LogP contribution in [0.15, 0.2) is 42.5 Å². The number of benzene rings is 2. The number of halogens is 1. The lowest BCUT2D eigenvalue weighted by atomic mass is 10.1. The van der Waals surface area contributed by atoms with E-state index in [0.717, 1.165) is 30.0 Å². The lowest BCUT2D eigenvalue weighted by Gasteiger charge is -2.24. The highest BCUT2D eigenvalue weighted by molar-refractivity contribution is 5.59. The summed E-state index contributed by atoms with van der Waals surface area (Å²) in [6, 6.07) is 12.9. The molecule has 104 valence electrons. The van der Waals surface area contributed by atoms with Gasteiger partial charge in [-0.2, -0.15) is 0 Å². The summed E-state index contributed by atoms with van der Waals surface area (Å²) < 4.78 is 19.3. The second-order valence-electron chi connectivity index (χ2n) is 4.95. The highest BCUT2D eigenvalue weighted by Gasteiger charge is 2.16. The van der Waals surface area contributed by atoms with Crippen LogP contribution < -0.4 is 15.4 Å². The Bertz CT molecular complexity index is 615. The van der Waals surface area contributed by atoms with Crippen molar-refractivity contribution in [1.82, 2.24) is 0 Å². The number of para-hydroxylation sites is 2. The third-order valence-corrected chi connectivity index (χ3v) is 3.47. The van der Waals surface area contributed by atoms with Gasteiger partial charge in [-0.05, 0) is 36.2 Å². The van der Waals surface area contributed by atoms with Crippen LogP contribution in [0, 0.1) is 5.82 Å². The number of nitrogens with zero attached hydrogens (tertiary/aromatic N) is 1. The lowest BCUT2D eigenvalue weighted by molar-refractivity contribution is 0.322. The molecule has 4 heteroatoms. The van der Waals surface area contributed by atoms with E-state index in [-0.39, 0.29) is 11.5 Å². The number of ether oxygens (including phenoxy) is 1. The Morgan fingerprint density at radius 3 is 2.90 bits per heavy atom. The van der Waals surface area contributed by atoms with E-state index in [4.69, 9.17) is 10.5 Å². The molecule has 1 heterocycles. The van der Waals surface area contributed by atoms with Gasteiger partial charge < -0.3 is 15.4 Å². The first-order valence-corrected chi connectivity index (χ1v) is 6.75. The van der Waals surface area contributed by atoms with Crippen molar-refractivity contribution >= 4 is 11.4 Å². The third kappa shape index (κ3) is 2.54. The van der Waals surface area contributed by atoms with Crippen molar-refractivity contribution in [1.29, 1.82) is 0 Å². The smallest absolute Gasteiger partial charge is 0.146 e. The summed E-state index contributed by atoms with van der Waals surface area (Å²) in [5, 5.41) is 0. The zero-order valence-corrected chi connectivity index (χ0v) is 11.2. The summed E-state index contributed by atoms with van der Waals surface area (Å²) in [5.74, 6) is 0.530. The van der Waals surface area contributed by atoms with Gasteiger partial charge in [0.15, 0.2) is 0 Å². The maximum atomic E-state index is 13.5. The van der Waals surface area contributed by atoms with Gasteiger partial charge in [0.25, 0.3) is 0 Å². The van der Waals surface area contributed by atoms with Gasteiger partial charge in [-0.3, -0.25) is 0 Å². The average molecular weight is 272 g/mol. The second kappa shape index (κ2) is 5.41. The number of rotatable bonds is 2. The third-order valence-electron chi connectivity index (χ3n) is 3.47. The molecule has 0 aliphatic carbocycles. The molecular formula is C16H17FN2O. The van der Waals surface area contributed by atoms with Gasteiger partial charge in [0, 0.05) is 13.1 Å². The Labute approximate surface area is 117 Å². The quantitative estimate of drug-likeness (QED) is 0.853. The molecule has 0 aromatic heterocycles. The maximum Gasteiger partial charge on any atom is 0.146 e. The summed E-state index contributed by atoms with van der Waals surface area (Å²) in [5.41, 5.74) is 7.67. The number of anilines is 2. The van der Waals surface area contributed by atoms with Crippen molar-refractivity contribution in [2.75, 3.05) is 23.8 Å². The Morgan fingerprint density at radius 2 is 2.05 bits per heavy atom. The molecule has 20 heavy (non-hydrogen) atoms. The van der Waals surface area contributed by atoms with E-state index < -0.39 is 0 Å². The zero-order chi connectivity index (χ0) is 13.9. The van der Waals surface area contributed by atoms with E-state index in [0.29, 0.717) is 13.2 Å². The molecule has 3 rings (SSSR count). The van der Waals surface area contributed by atoms with E-state index in [1.807, 2.05) is 30.3 Å². The van der Waals surface area contributed by atoms with E-state index in [2.05, 4.69) is 4.90 Å². The summed E-state index contributed by atoms with van der Waals surface area (Å²) in [7, 11) is 0. The minimum Gasteiger partial charge on any atom is -0.491 e. The fraction of sp³-hybridized carbons (Fsp3) is 0.250. The Kier molecular flexibility index (Phi) is 3.46. The number of hydrogen-bond donors (Lipinski definition) is 1. The molecule has 0 atom stereocenters. The summed E-state index contributed by atoms with van der Waals surface area (Å²) in [6.07, 6.45) is 0.951. The zero-order valence-electron chi connectivity index (χ0n) is 11.2. The molecule has 2 aromatic carbocycles. The van der Waals surface area contributed by atoms with Crippen LogP contribution in [-0.2, 0) is 6.54 Å². The Morgan fingerprint density at radius 1 is 1.20 bits per heavy atom. The predicted molar refractivity (Wildman–Crippen MR) is 78.4 cm³/mol. The molecule has 0 spiro atoms. The molecular weight excluding hydrogens is 255 g/mol. The van der Waals surface area contributed by atoms with Crippen molar-refractivity contribution in [3.8, 4) is 5.75 Å². The highest BCUT2D eigenvalue weighted by atomic mass is 19.1. The van der Waals surface area contributed by atoms with E-state index in [1.165, 1.54) is 6.07 Å². The molecule has 2 aromatic rings. The van der Waals surface area contributed by atoms with Crippen LogP contribution in [0.1, 0.15) is 12.0 Å². The van der Waals surface area contributed by atoms with E-state index in [1.54, 1.807) is 6.07 Å². The number of fused-ring (bicyclic) bond motifs is 1. The first kappa shape index (κ1) is 12.8. The van der Waals surface area contributed by atoms with Gasteiger partial charge in [-0.1, -0.05) is 18.2 Å². The van der Waals surface area contributed by atoms with Gasteiger partial charge in [0.1, 0.15) is 11.6 Å². The standard InChI is InChI=1S/C16H17FN2O/c17-13-10-12(6-7-14(13)18)11-19-8-3-9-20-16-5-2-1-4-15(16)19/h1-2,4-7,10H,3,8-9,11,18H2. The van der Waals surface area contributed by atoms with Crippen molar-refractivity contribution in [3.05, 3.63) is 53.8 Å². The molecule has 0 radical (unpaired) electrons. The Hall–Kier alpha value is -2.23. The molecule has 3 nitrogen and oxygen atoms in total. The van der Waals surface area contributed by atoms with E-state index >= 15 is 0 Å². The number of nitrogen functional groups attached to an aromatic ring is 1. The summed E-state index contributed by atoms with van der Waals surface area (Å²) in [6.45, 7) is 2.25. The monoisotopic (exact) mass is 272 g/mol. The van der Waals surface area contributed by atoms with Crippen LogP contribution in [0.5, 0.6) is 5.75 Å². The molecule has 0 unspecified atom stereocenters. The van der Waals surface area contributed by atoms with Crippen molar-refractivity contribution in [2.45, 2.75) is 13.0 Å². The number of nitrogens with two attached hydrogens (primary N) is 1. The van der Waals surface area contributed by atoms with Crippen LogP contribution in [-0.4, -0.2) is 13.2 Å². The van der Waals surface area contributed by atoms with Crippen LogP contribution in [0.3, 0.4) is 0 Å². The fourth-order valence-corrected chi connectivity index (χ4v) is 2.45. The molecule has 0 amide bonds. The predicted octanol–water partition coefficient (Wildman–Crippen LogP) is 3.20. The van der Waals surface area contributed by atoms with Gasteiger partial charge in [0.05, 0.1) is 18.0 Å². The first-order valence-electron chi connectivity index (χ1n) is 6.75. The van der Waals surface area contributed by atoms with Gasteiger partial charge >= 0.3 is 0 Å². The molecule has 0 saturated heterocycles. The van der Waals surface area contributed by atoms with Crippen molar-refractivity contribution in [2.24, 2.45) is 0 Å². The molecule has 0 fully saturated rings. The van der Waals surface area contributed by atoms with Crippen LogP contribution in [0.2, 0.25) is 0 Å². The topological polar surface area (TPSA) is 38.5 Å². The van der Waals surface area contributed by atoms with E-state index in [9.17, 15) is 4.39 Å². The van der Waals surface area contributed by atoms with Crippen LogP contribution >= 0.6 is 0 Å². The molecule has 1 aliphatic heterocycles. The van der Waals surface area contributed by atoms with Crippen LogP contribution in [0.25, 0.3) is 0 Å². The summed E-state index contributed by atoms with van der Waals surface area (Å²) >= 11 is 0. The van der Waals surface area contributed by atoms with Crippen molar-refractivity contribution < 1.29 is 9.13 Å². The highest BCUT2D eigenvalue weighted by Crippen LogP contribution is 2.31. The van der Waals surface area contributed by atoms with Gasteiger partial charge in [0.2, 0.25) is 0 Å². The molecule has 0 bridgehead atoms. The van der Waals surface area contributed by atoms with Gasteiger partial charge in [-0.15, -0.1) is 0 Å². The maximum absolute atomic E-state index is 13.5. The average Bonchev–Trinajstić information content (AvgIpc) is 2.66. The Balaban J connectivity index is 1.88. The second-order valence-corrected chi connectivity index (χ2v) is 4.95. The number of hydrogen-bond acceptors (Lipinski definition) is 3. The molecule has 2 N–H and O–H groups in total. The van der Waals surface area contributed by atoms with Crippen LogP contribution in [0.4, 0.5) is 15.8 Å². The van der Waals surface area contributed by atoms with Gasteiger partial charge in [-0.25, -0.2) is 4.39 Å². The minimum absolute atomic E-state index is 0.188. The first-order chi connectivity index (χ1) is 9.74. The SMILES string of the molecule is Nc1ccc(CN2CCCOc3ccccc32)cc1F. The fourth-order valence-electron chi connectivity index (χ4n) is 2.45. The minimum atomic E-state index is -0.359. The molecule has 0 saturated carbocycles. The molecule has 1 aliphatic rings. The lowest BCUT2D eigenvalue weighted by Crippen LogP contribution is -2.23. The largest absolute Gasteiger partial charge is 0.491 e.